The predicted octanol–water partition coefficient (Wildman–Crippen LogP) is 4.61. The van der Waals surface area contributed by atoms with Crippen molar-refractivity contribution >= 4 is 33.5 Å². The summed E-state index contributed by atoms with van der Waals surface area (Å²) in [6, 6.07) is 6.30. The minimum absolute atomic E-state index is 0.350. The molecule has 2 aliphatic rings. The van der Waals surface area contributed by atoms with Gasteiger partial charge in [0, 0.05) is 18.8 Å². The van der Waals surface area contributed by atoms with E-state index in [1.807, 2.05) is 0 Å². The number of Topliss-reactive ketones (excluding diaryl/α,β-unsaturated/α-hetero) is 1. The molecule has 1 atom stereocenters. The second kappa shape index (κ2) is 7.46. The molecular weight excluding hydrogens is 372 g/mol. The fourth-order valence-corrected chi connectivity index (χ4v) is 5.17. The van der Waals surface area contributed by atoms with Crippen molar-refractivity contribution in [2.75, 3.05) is 18.0 Å². The van der Waals surface area contributed by atoms with Crippen molar-refractivity contribution in [2.24, 2.45) is 10.2 Å². The van der Waals surface area contributed by atoms with E-state index in [1.165, 1.54) is 23.7 Å². The summed E-state index contributed by atoms with van der Waals surface area (Å²) in [7, 11) is 0. The van der Waals surface area contributed by atoms with Crippen LogP contribution in [-0.2, 0) is 12.8 Å². The van der Waals surface area contributed by atoms with E-state index in [1.54, 1.807) is 6.92 Å². The summed E-state index contributed by atoms with van der Waals surface area (Å²) >= 11 is 1.12. The first kappa shape index (κ1) is 18.8. The molecule has 28 heavy (non-hydrogen) atoms. The maximum Gasteiger partial charge on any atom is 0.201 e. The van der Waals surface area contributed by atoms with Gasteiger partial charge in [0.15, 0.2) is 5.00 Å². The third-order valence-electron chi connectivity index (χ3n) is 5.42. The lowest BCUT2D eigenvalue weighted by molar-refractivity contribution is 0.0783. The highest BCUT2D eigenvalue weighted by molar-refractivity contribution is 7.18. The molecular formula is C21H22N4O2S. The van der Waals surface area contributed by atoms with Crippen LogP contribution in [0.4, 0.5) is 16.4 Å². The van der Waals surface area contributed by atoms with Crippen LogP contribution in [0.1, 0.15) is 51.7 Å². The van der Waals surface area contributed by atoms with Gasteiger partial charge in [-0.1, -0.05) is 0 Å². The molecule has 4 rings (SSSR count). The van der Waals surface area contributed by atoms with Crippen LogP contribution in [0.15, 0.2) is 22.4 Å². The van der Waals surface area contributed by atoms with Crippen LogP contribution in [-0.4, -0.2) is 30.1 Å². The summed E-state index contributed by atoms with van der Waals surface area (Å²) < 4.78 is 0. The Balaban J connectivity index is 1.70. The van der Waals surface area contributed by atoms with E-state index in [0.717, 1.165) is 55.8 Å². The summed E-state index contributed by atoms with van der Waals surface area (Å²) in [5.74, 6) is -0.390. The summed E-state index contributed by atoms with van der Waals surface area (Å²) in [5.41, 5.74) is 5.73. The van der Waals surface area contributed by atoms with Crippen LogP contribution in [0.5, 0.6) is 0 Å². The number of hydrogen-bond donors (Lipinski definition) is 1. The van der Waals surface area contributed by atoms with Crippen molar-refractivity contribution in [1.29, 1.82) is 5.26 Å². The van der Waals surface area contributed by atoms with Gasteiger partial charge in [-0.05, 0) is 68.4 Å². The van der Waals surface area contributed by atoms with Crippen LogP contribution in [0.2, 0.25) is 0 Å². The number of hydrogen-bond acceptors (Lipinski definition) is 7. The zero-order valence-corrected chi connectivity index (χ0v) is 16.8. The third-order valence-corrected chi connectivity index (χ3v) is 6.61. The van der Waals surface area contributed by atoms with Crippen molar-refractivity contribution in [2.45, 2.75) is 45.6 Å². The Morgan fingerprint density at radius 3 is 2.46 bits per heavy atom. The van der Waals surface area contributed by atoms with Gasteiger partial charge in [-0.3, -0.25) is 4.79 Å². The SMILES string of the molecule is Cc1c(C(=O)C(C)O)sc(N=Nc2cc3c4c(c2)CCCN4CCC3)c1C#N. The number of nitrogens with zero attached hydrogens (tertiary/aromatic N) is 4. The van der Waals surface area contributed by atoms with Gasteiger partial charge in [0.1, 0.15) is 12.2 Å². The van der Waals surface area contributed by atoms with Crippen molar-refractivity contribution in [3.05, 3.63) is 39.3 Å². The first-order valence-electron chi connectivity index (χ1n) is 9.58. The average Bonchev–Trinajstić information content (AvgIpc) is 3.01. The van der Waals surface area contributed by atoms with Crippen LogP contribution in [0.3, 0.4) is 0 Å². The number of benzene rings is 1. The molecule has 6 nitrogen and oxygen atoms in total. The maximum atomic E-state index is 12.2. The summed E-state index contributed by atoms with van der Waals surface area (Å²) in [6.45, 7) is 5.39. The van der Waals surface area contributed by atoms with E-state index in [-0.39, 0.29) is 0 Å². The molecule has 0 radical (unpaired) electrons. The standard InChI is InChI=1S/C21H22N4O2S/c1-12-17(11-22)21(28-20(12)19(27)13(2)26)24-23-16-9-14-5-3-7-25-8-4-6-15(10-16)18(14)25/h9-10,13,26H,3-8H2,1-2H3. The first-order valence-corrected chi connectivity index (χ1v) is 10.4. The number of nitriles is 1. The molecule has 144 valence electrons. The molecule has 1 aromatic heterocycles. The molecule has 0 saturated heterocycles. The van der Waals surface area contributed by atoms with Crippen molar-refractivity contribution in [3.63, 3.8) is 0 Å². The Hall–Kier alpha value is -2.56. The number of carbonyl (C=O) groups excluding carboxylic acids is 1. The zero-order chi connectivity index (χ0) is 19.8. The van der Waals surface area contributed by atoms with Crippen LogP contribution in [0.25, 0.3) is 0 Å². The van der Waals surface area contributed by atoms with Crippen LogP contribution >= 0.6 is 11.3 Å². The lowest BCUT2D eigenvalue weighted by Crippen LogP contribution is -2.34. The zero-order valence-electron chi connectivity index (χ0n) is 16.0. The normalized spacial score (nSPS) is 16.7. The van der Waals surface area contributed by atoms with Crippen LogP contribution < -0.4 is 4.90 Å². The second-order valence-corrected chi connectivity index (χ2v) is 8.39. The molecule has 0 fully saturated rings. The van der Waals surface area contributed by atoms with E-state index in [2.05, 4.69) is 33.3 Å². The number of anilines is 1. The molecule has 1 N–H and O–H groups in total. The molecule has 0 bridgehead atoms. The fourth-order valence-electron chi connectivity index (χ4n) is 4.07. The number of rotatable bonds is 4. The minimum Gasteiger partial charge on any atom is -0.385 e. The van der Waals surface area contributed by atoms with E-state index in [9.17, 15) is 15.2 Å². The predicted molar refractivity (Wildman–Crippen MR) is 109 cm³/mol. The number of aliphatic hydroxyl groups excluding tert-OH is 1. The number of aliphatic hydroxyl groups is 1. The van der Waals surface area contributed by atoms with Crippen molar-refractivity contribution < 1.29 is 9.90 Å². The molecule has 0 saturated carbocycles. The van der Waals surface area contributed by atoms with E-state index in [0.29, 0.717) is 21.0 Å². The summed E-state index contributed by atoms with van der Waals surface area (Å²) in [5, 5.41) is 28.2. The topological polar surface area (TPSA) is 89.0 Å². The van der Waals surface area contributed by atoms with Gasteiger partial charge in [-0.15, -0.1) is 21.6 Å². The second-order valence-electron chi connectivity index (χ2n) is 7.40. The average molecular weight is 395 g/mol. The third kappa shape index (κ3) is 3.23. The number of aryl methyl sites for hydroxylation is 2. The summed E-state index contributed by atoms with van der Waals surface area (Å²) in [4.78, 5) is 15.0. The molecule has 3 heterocycles. The molecule has 0 aliphatic carbocycles. The first-order chi connectivity index (χ1) is 13.5. The van der Waals surface area contributed by atoms with Crippen molar-refractivity contribution in [3.8, 4) is 6.07 Å². The molecule has 1 aromatic carbocycles. The Bertz CT molecular complexity index is 985. The number of ketones is 1. The summed E-state index contributed by atoms with van der Waals surface area (Å²) in [6.07, 6.45) is 3.31. The number of carbonyl (C=O) groups is 1. The molecule has 2 aromatic rings. The van der Waals surface area contributed by atoms with Gasteiger partial charge in [0.25, 0.3) is 0 Å². The Morgan fingerprint density at radius 1 is 1.25 bits per heavy atom. The van der Waals surface area contributed by atoms with Crippen molar-refractivity contribution in [1.82, 2.24) is 0 Å². The van der Waals surface area contributed by atoms with E-state index >= 15 is 0 Å². The minimum atomic E-state index is -1.11. The number of azo groups is 1. The lowest BCUT2D eigenvalue weighted by Gasteiger charge is -2.36. The lowest BCUT2D eigenvalue weighted by atomic mass is 9.91. The molecule has 2 aliphatic heterocycles. The number of thiophene rings is 1. The Morgan fingerprint density at radius 2 is 1.89 bits per heavy atom. The highest BCUT2D eigenvalue weighted by atomic mass is 32.1. The van der Waals surface area contributed by atoms with Gasteiger partial charge in [-0.25, -0.2) is 0 Å². The van der Waals surface area contributed by atoms with Crippen LogP contribution in [0, 0.1) is 18.3 Å². The largest absolute Gasteiger partial charge is 0.385 e. The van der Waals surface area contributed by atoms with E-state index < -0.39 is 11.9 Å². The van der Waals surface area contributed by atoms with E-state index in [4.69, 9.17) is 0 Å². The quantitative estimate of drug-likeness (QED) is 0.606. The van der Waals surface area contributed by atoms with Gasteiger partial charge >= 0.3 is 0 Å². The van der Waals surface area contributed by atoms with Gasteiger partial charge in [-0.2, -0.15) is 5.26 Å². The van der Waals surface area contributed by atoms with Gasteiger partial charge in [0.2, 0.25) is 5.78 Å². The molecule has 1 unspecified atom stereocenters. The molecule has 0 spiro atoms. The Kier molecular flexibility index (Phi) is 5.00. The molecule has 7 heteroatoms. The monoisotopic (exact) mass is 394 g/mol. The maximum absolute atomic E-state index is 12.2. The smallest absolute Gasteiger partial charge is 0.201 e. The van der Waals surface area contributed by atoms with Gasteiger partial charge < -0.3 is 10.0 Å². The molecule has 0 amide bonds. The highest BCUT2D eigenvalue weighted by Crippen LogP contribution is 2.40. The Labute approximate surface area is 168 Å². The van der Waals surface area contributed by atoms with Gasteiger partial charge in [0.05, 0.1) is 16.1 Å². The highest BCUT2D eigenvalue weighted by Gasteiger charge is 2.25. The fraction of sp³-hybridized carbons (Fsp3) is 0.429.